The number of rotatable bonds is 4. The van der Waals surface area contributed by atoms with E-state index in [0.29, 0.717) is 5.92 Å². The van der Waals surface area contributed by atoms with Crippen molar-refractivity contribution in [2.75, 3.05) is 5.75 Å². The van der Waals surface area contributed by atoms with Crippen molar-refractivity contribution < 1.29 is 9.59 Å². The van der Waals surface area contributed by atoms with Gasteiger partial charge in [-0.3, -0.25) is 10.1 Å². The molecular formula is C19H24N4O2S2. The van der Waals surface area contributed by atoms with E-state index in [0.717, 1.165) is 47.3 Å². The maximum absolute atomic E-state index is 12.2. The lowest BCUT2D eigenvalue weighted by molar-refractivity contribution is -0.117. The van der Waals surface area contributed by atoms with Gasteiger partial charge in [0.2, 0.25) is 5.91 Å². The molecule has 2 aliphatic carbocycles. The monoisotopic (exact) mass is 404 g/mol. The number of imide groups is 1. The zero-order valence-corrected chi connectivity index (χ0v) is 17.0. The van der Waals surface area contributed by atoms with Crippen molar-refractivity contribution in [2.24, 2.45) is 5.92 Å². The lowest BCUT2D eigenvalue weighted by atomic mass is 9.86. The Kier molecular flexibility index (Phi) is 5.63. The minimum absolute atomic E-state index is 0.161. The van der Waals surface area contributed by atoms with Crippen LogP contribution in [0, 0.1) is 5.92 Å². The summed E-state index contributed by atoms with van der Waals surface area (Å²) in [6, 6.07) is -0.224. The second kappa shape index (κ2) is 8.14. The molecule has 4 rings (SSSR count). The van der Waals surface area contributed by atoms with Crippen LogP contribution in [0.4, 0.5) is 4.79 Å². The fraction of sp³-hybridized carbons (Fsp3) is 0.579. The molecule has 8 heteroatoms. The maximum Gasteiger partial charge on any atom is 0.321 e. The molecule has 1 saturated carbocycles. The van der Waals surface area contributed by atoms with Gasteiger partial charge in [-0.1, -0.05) is 31.5 Å². The molecule has 2 atom stereocenters. The molecule has 1 fully saturated rings. The third-order valence-corrected chi connectivity index (χ3v) is 7.68. The van der Waals surface area contributed by atoms with Crippen LogP contribution in [0.3, 0.4) is 0 Å². The molecule has 2 aromatic rings. The molecule has 2 N–H and O–H groups in total. The summed E-state index contributed by atoms with van der Waals surface area (Å²) in [5.74, 6) is 0.341. The van der Waals surface area contributed by atoms with Crippen molar-refractivity contribution in [3.8, 4) is 0 Å². The molecule has 2 aliphatic rings. The van der Waals surface area contributed by atoms with Crippen LogP contribution in [0.25, 0.3) is 10.2 Å². The Morgan fingerprint density at radius 3 is 2.93 bits per heavy atom. The molecule has 6 nitrogen and oxygen atoms in total. The van der Waals surface area contributed by atoms with Crippen molar-refractivity contribution in [1.29, 1.82) is 0 Å². The molecule has 0 bridgehead atoms. The number of nitrogens with one attached hydrogen (secondary N) is 2. The highest BCUT2D eigenvalue weighted by Gasteiger charge is 2.24. The quantitative estimate of drug-likeness (QED) is 0.600. The molecule has 0 unspecified atom stereocenters. The van der Waals surface area contributed by atoms with Gasteiger partial charge in [-0.05, 0) is 43.6 Å². The van der Waals surface area contributed by atoms with Crippen LogP contribution >= 0.6 is 23.1 Å². The smallest absolute Gasteiger partial charge is 0.321 e. The number of carbonyl (C=O) groups excluding carboxylic acids is 2. The standard InChI is InChI=1S/C19H24N4O2S2/c1-11-5-2-3-7-13(11)22-19(25)23-15(24)9-26-17-16-12-6-4-8-14(12)27-18(16)21-10-20-17/h10-11,13H,2-9H2,1H3,(H2,22,23,24,25)/t11-,13-/m0/s1. The van der Waals surface area contributed by atoms with Gasteiger partial charge in [0, 0.05) is 16.3 Å². The fourth-order valence-corrected chi connectivity index (χ4v) is 6.16. The second-order valence-electron chi connectivity index (χ2n) is 7.39. The fourth-order valence-electron chi connectivity index (χ4n) is 4.04. The van der Waals surface area contributed by atoms with Crippen LogP contribution in [-0.2, 0) is 17.6 Å². The summed E-state index contributed by atoms with van der Waals surface area (Å²) in [5, 5.41) is 7.36. The summed E-state index contributed by atoms with van der Waals surface area (Å²) >= 11 is 3.12. The van der Waals surface area contributed by atoms with Crippen molar-refractivity contribution in [1.82, 2.24) is 20.6 Å². The average molecular weight is 405 g/mol. The van der Waals surface area contributed by atoms with E-state index in [9.17, 15) is 9.59 Å². The Labute approximate surface area is 166 Å². The van der Waals surface area contributed by atoms with E-state index in [1.807, 2.05) is 0 Å². The van der Waals surface area contributed by atoms with Gasteiger partial charge < -0.3 is 5.32 Å². The number of carbonyl (C=O) groups is 2. The summed E-state index contributed by atoms with van der Waals surface area (Å²) in [5.41, 5.74) is 1.35. The van der Waals surface area contributed by atoms with Gasteiger partial charge in [-0.15, -0.1) is 11.3 Å². The van der Waals surface area contributed by atoms with Gasteiger partial charge in [-0.2, -0.15) is 0 Å². The van der Waals surface area contributed by atoms with E-state index >= 15 is 0 Å². The van der Waals surface area contributed by atoms with Crippen LogP contribution in [0.5, 0.6) is 0 Å². The minimum atomic E-state index is -0.386. The molecule has 0 aliphatic heterocycles. The third kappa shape index (κ3) is 4.11. The first-order valence-electron chi connectivity index (χ1n) is 9.60. The summed E-state index contributed by atoms with van der Waals surface area (Å²) < 4.78 is 0. The number of aryl methyl sites for hydroxylation is 2. The highest BCUT2D eigenvalue weighted by atomic mass is 32.2. The van der Waals surface area contributed by atoms with Crippen LogP contribution in [-0.4, -0.2) is 33.7 Å². The number of nitrogens with zero attached hydrogens (tertiary/aromatic N) is 2. The summed E-state index contributed by atoms with van der Waals surface area (Å²) in [4.78, 5) is 35.5. The normalized spacial score (nSPS) is 21.8. The number of amides is 3. The number of hydrogen-bond donors (Lipinski definition) is 2. The van der Waals surface area contributed by atoms with Gasteiger partial charge in [0.25, 0.3) is 0 Å². The lowest BCUT2D eigenvalue weighted by Crippen LogP contribution is -2.48. The molecule has 144 valence electrons. The lowest BCUT2D eigenvalue weighted by Gasteiger charge is -2.29. The van der Waals surface area contributed by atoms with E-state index in [2.05, 4.69) is 27.5 Å². The SMILES string of the molecule is C[C@H]1CCCC[C@@H]1NC(=O)NC(=O)CSc1ncnc2sc3c(c12)CCC3. The Balaban J connectivity index is 1.34. The van der Waals surface area contributed by atoms with Crippen LogP contribution < -0.4 is 10.6 Å². The number of aromatic nitrogens is 2. The topological polar surface area (TPSA) is 84.0 Å². The molecule has 0 spiro atoms. The Bertz CT molecular complexity index is 867. The summed E-state index contributed by atoms with van der Waals surface area (Å²) in [6.07, 6.45) is 9.38. The molecule has 0 radical (unpaired) electrons. The van der Waals surface area contributed by atoms with Crippen LogP contribution in [0.2, 0.25) is 0 Å². The second-order valence-corrected chi connectivity index (χ2v) is 9.44. The van der Waals surface area contributed by atoms with E-state index in [-0.39, 0.29) is 23.7 Å². The molecule has 2 aromatic heterocycles. The van der Waals surface area contributed by atoms with Crippen molar-refractivity contribution in [3.05, 3.63) is 16.8 Å². The van der Waals surface area contributed by atoms with E-state index < -0.39 is 0 Å². The predicted molar refractivity (Wildman–Crippen MR) is 108 cm³/mol. The number of fused-ring (bicyclic) bond motifs is 3. The first-order valence-corrected chi connectivity index (χ1v) is 11.4. The minimum Gasteiger partial charge on any atom is -0.335 e. The molecule has 27 heavy (non-hydrogen) atoms. The van der Waals surface area contributed by atoms with E-state index in [4.69, 9.17) is 0 Å². The first kappa shape index (κ1) is 18.7. The highest BCUT2D eigenvalue weighted by Crippen LogP contribution is 2.39. The van der Waals surface area contributed by atoms with Crippen molar-refractivity contribution in [2.45, 2.75) is 62.9 Å². The molecule has 2 heterocycles. The van der Waals surface area contributed by atoms with Gasteiger partial charge in [0.05, 0.1) is 5.75 Å². The van der Waals surface area contributed by atoms with Crippen LogP contribution in [0.15, 0.2) is 11.4 Å². The number of hydrogen-bond acceptors (Lipinski definition) is 6. The Hall–Kier alpha value is -1.67. The van der Waals surface area contributed by atoms with Crippen molar-refractivity contribution in [3.63, 3.8) is 0 Å². The predicted octanol–water partition coefficient (Wildman–Crippen LogP) is 3.68. The van der Waals surface area contributed by atoms with Crippen molar-refractivity contribution >= 4 is 45.3 Å². The number of thioether (sulfide) groups is 1. The number of thiophene rings is 1. The highest BCUT2D eigenvalue weighted by molar-refractivity contribution is 8.00. The zero-order valence-electron chi connectivity index (χ0n) is 15.4. The van der Waals surface area contributed by atoms with E-state index in [1.54, 1.807) is 17.7 Å². The third-order valence-electron chi connectivity index (χ3n) is 5.49. The van der Waals surface area contributed by atoms with Gasteiger partial charge >= 0.3 is 6.03 Å². The molecule has 0 aromatic carbocycles. The zero-order chi connectivity index (χ0) is 18.8. The largest absolute Gasteiger partial charge is 0.335 e. The van der Waals surface area contributed by atoms with Crippen LogP contribution in [0.1, 0.15) is 49.5 Å². The van der Waals surface area contributed by atoms with E-state index in [1.165, 1.54) is 35.0 Å². The summed E-state index contributed by atoms with van der Waals surface area (Å²) in [7, 11) is 0. The number of urea groups is 1. The first-order chi connectivity index (χ1) is 13.1. The van der Waals surface area contributed by atoms with Gasteiger partial charge in [0.1, 0.15) is 16.2 Å². The molecule has 3 amide bonds. The Morgan fingerprint density at radius 1 is 1.22 bits per heavy atom. The Morgan fingerprint density at radius 2 is 2.07 bits per heavy atom. The average Bonchev–Trinajstić information content (AvgIpc) is 3.23. The summed E-state index contributed by atoms with van der Waals surface area (Å²) in [6.45, 7) is 2.15. The maximum atomic E-state index is 12.2. The molecular weight excluding hydrogens is 380 g/mol. The van der Waals surface area contributed by atoms with Gasteiger partial charge in [-0.25, -0.2) is 14.8 Å². The van der Waals surface area contributed by atoms with Gasteiger partial charge in [0.15, 0.2) is 0 Å². The molecule has 0 saturated heterocycles.